The van der Waals surface area contributed by atoms with Crippen LogP contribution in [0, 0.1) is 24.2 Å². The van der Waals surface area contributed by atoms with Crippen LogP contribution in [0.4, 0.5) is 0 Å². The van der Waals surface area contributed by atoms with E-state index in [0.717, 1.165) is 24.1 Å². The second-order valence-corrected chi connectivity index (χ2v) is 5.53. The van der Waals surface area contributed by atoms with E-state index in [2.05, 4.69) is 24.1 Å². The summed E-state index contributed by atoms with van der Waals surface area (Å²) < 4.78 is 0. The van der Waals surface area contributed by atoms with Crippen molar-refractivity contribution in [3.63, 3.8) is 0 Å². The molecular formula is C17H21NO2. The Morgan fingerprint density at radius 1 is 1.45 bits per heavy atom. The number of aliphatic hydroxyl groups is 1. The first-order chi connectivity index (χ1) is 9.60. The number of aliphatic hydroxyl groups excluding tert-OH is 1. The van der Waals surface area contributed by atoms with E-state index in [4.69, 9.17) is 5.11 Å². The first-order valence-electron chi connectivity index (χ1n) is 7.09. The van der Waals surface area contributed by atoms with Crippen molar-refractivity contribution in [2.45, 2.75) is 33.1 Å². The second kappa shape index (κ2) is 6.11. The first-order valence-corrected chi connectivity index (χ1v) is 7.09. The molecule has 1 amide bonds. The summed E-state index contributed by atoms with van der Waals surface area (Å²) in [6, 6.07) is 5.55. The number of amides is 1. The summed E-state index contributed by atoms with van der Waals surface area (Å²) in [6.07, 6.45) is 3.55. The van der Waals surface area contributed by atoms with Crippen LogP contribution in [0.1, 0.15) is 47.7 Å². The maximum absolute atomic E-state index is 12.3. The van der Waals surface area contributed by atoms with Crippen LogP contribution in [0.5, 0.6) is 0 Å². The van der Waals surface area contributed by atoms with Gasteiger partial charge in [0.15, 0.2) is 0 Å². The molecule has 0 aromatic heterocycles. The summed E-state index contributed by atoms with van der Waals surface area (Å²) in [5.41, 5.74) is 2.71. The zero-order chi connectivity index (χ0) is 14.6. The normalized spacial score (nSPS) is 15.2. The molecule has 0 spiro atoms. The van der Waals surface area contributed by atoms with E-state index in [1.165, 1.54) is 12.8 Å². The molecular weight excluding hydrogens is 250 g/mol. The van der Waals surface area contributed by atoms with E-state index in [1.807, 2.05) is 19.1 Å². The van der Waals surface area contributed by atoms with Crippen molar-refractivity contribution in [2.24, 2.45) is 5.41 Å². The van der Waals surface area contributed by atoms with Gasteiger partial charge in [-0.2, -0.15) is 0 Å². The van der Waals surface area contributed by atoms with Crippen molar-refractivity contribution in [3.05, 3.63) is 34.9 Å². The molecule has 106 valence electrons. The lowest BCUT2D eigenvalue weighted by atomic mass is 10.0. The van der Waals surface area contributed by atoms with Crippen molar-refractivity contribution < 1.29 is 9.90 Å². The van der Waals surface area contributed by atoms with Crippen molar-refractivity contribution in [2.75, 3.05) is 13.2 Å². The van der Waals surface area contributed by atoms with Crippen LogP contribution >= 0.6 is 0 Å². The van der Waals surface area contributed by atoms with Gasteiger partial charge in [-0.15, -0.1) is 0 Å². The number of rotatable bonds is 4. The van der Waals surface area contributed by atoms with Gasteiger partial charge >= 0.3 is 0 Å². The molecule has 2 rings (SSSR count). The topological polar surface area (TPSA) is 49.3 Å². The van der Waals surface area contributed by atoms with Crippen LogP contribution in [0.25, 0.3) is 0 Å². The fraction of sp³-hybridized carbons (Fsp3) is 0.471. The molecule has 3 nitrogen and oxygen atoms in total. The minimum Gasteiger partial charge on any atom is -0.384 e. The minimum absolute atomic E-state index is 0.0325. The molecule has 3 heteroatoms. The van der Waals surface area contributed by atoms with E-state index < -0.39 is 0 Å². The molecule has 1 fully saturated rings. The van der Waals surface area contributed by atoms with Gasteiger partial charge in [0.05, 0.1) is 0 Å². The number of nitrogens with one attached hydrogen (secondary N) is 1. The maximum Gasteiger partial charge on any atom is 0.251 e. The summed E-state index contributed by atoms with van der Waals surface area (Å²) in [4.78, 5) is 12.3. The average Bonchev–Trinajstić information content (AvgIpc) is 3.24. The van der Waals surface area contributed by atoms with Gasteiger partial charge < -0.3 is 10.4 Å². The third kappa shape index (κ3) is 3.40. The number of hydrogen-bond acceptors (Lipinski definition) is 2. The first kappa shape index (κ1) is 14.6. The van der Waals surface area contributed by atoms with E-state index in [0.29, 0.717) is 11.0 Å². The molecule has 1 aliphatic rings. The van der Waals surface area contributed by atoms with Crippen LogP contribution in [0.3, 0.4) is 0 Å². The Morgan fingerprint density at radius 3 is 2.80 bits per heavy atom. The van der Waals surface area contributed by atoms with Crippen LogP contribution < -0.4 is 5.32 Å². The molecule has 0 radical (unpaired) electrons. The third-order valence-electron chi connectivity index (χ3n) is 4.13. The summed E-state index contributed by atoms with van der Waals surface area (Å²) in [5.74, 6) is 5.40. The number of carbonyl (C=O) groups is 1. The number of carbonyl (C=O) groups excluding carboxylic acids is 1. The molecule has 0 aliphatic heterocycles. The van der Waals surface area contributed by atoms with E-state index in [9.17, 15) is 4.79 Å². The van der Waals surface area contributed by atoms with Gasteiger partial charge in [0.25, 0.3) is 5.91 Å². The predicted molar refractivity (Wildman–Crippen MR) is 79.4 cm³/mol. The Balaban J connectivity index is 2.08. The van der Waals surface area contributed by atoms with Gasteiger partial charge in [-0.05, 0) is 49.3 Å². The van der Waals surface area contributed by atoms with Crippen molar-refractivity contribution in [3.8, 4) is 11.8 Å². The second-order valence-electron chi connectivity index (χ2n) is 5.53. The molecule has 0 heterocycles. The largest absolute Gasteiger partial charge is 0.384 e. The molecule has 1 aromatic rings. The third-order valence-corrected chi connectivity index (χ3v) is 4.13. The Bertz CT molecular complexity index is 562. The van der Waals surface area contributed by atoms with Crippen LogP contribution in [-0.4, -0.2) is 24.2 Å². The fourth-order valence-electron chi connectivity index (χ4n) is 2.28. The summed E-state index contributed by atoms with van der Waals surface area (Å²) in [6.45, 7) is 4.68. The Kier molecular flexibility index (Phi) is 4.46. The summed E-state index contributed by atoms with van der Waals surface area (Å²) in [5, 5.41) is 11.8. The Hall–Kier alpha value is -1.79. The number of aryl methyl sites for hydroxylation is 1. The quantitative estimate of drug-likeness (QED) is 0.825. The number of hydrogen-bond donors (Lipinski definition) is 2. The molecule has 0 saturated heterocycles. The van der Waals surface area contributed by atoms with Crippen molar-refractivity contribution in [1.82, 2.24) is 5.32 Å². The highest BCUT2D eigenvalue weighted by atomic mass is 16.2. The van der Waals surface area contributed by atoms with Gasteiger partial charge in [0.1, 0.15) is 6.61 Å². The lowest BCUT2D eigenvalue weighted by Gasteiger charge is -2.14. The Morgan fingerprint density at radius 2 is 2.20 bits per heavy atom. The van der Waals surface area contributed by atoms with Crippen LogP contribution in [-0.2, 0) is 0 Å². The van der Waals surface area contributed by atoms with E-state index >= 15 is 0 Å². The average molecular weight is 271 g/mol. The van der Waals surface area contributed by atoms with Crippen LogP contribution in [0.2, 0.25) is 0 Å². The summed E-state index contributed by atoms with van der Waals surface area (Å²) in [7, 11) is 0. The number of benzene rings is 1. The standard InChI is InChI=1S/C17H21NO2/c1-3-17(8-9-17)12-18-16(20)15-11-14(5-4-10-19)7-6-13(15)2/h6-7,11,19H,3,8-10,12H2,1-2H3,(H,18,20). The highest BCUT2D eigenvalue weighted by Gasteiger charge is 2.40. The van der Waals surface area contributed by atoms with E-state index in [-0.39, 0.29) is 12.5 Å². The lowest BCUT2D eigenvalue weighted by molar-refractivity contribution is 0.0943. The zero-order valence-electron chi connectivity index (χ0n) is 12.1. The lowest BCUT2D eigenvalue weighted by Crippen LogP contribution is -2.30. The van der Waals surface area contributed by atoms with Crippen LogP contribution in [0.15, 0.2) is 18.2 Å². The van der Waals surface area contributed by atoms with Crippen molar-refractivity contribution in [1.29, 1.82) is 0 Å². The van der Waals surface area contributed by atoms with Gasteiger partial charge in [-0.25, -0.2) is 0 Å². The molecule has 2 N–H and O–H groups in total. The van der Waals surface area contributed by atoms with Crippen molar-refractivity contribution >= 4 is 5.91 Å². The van der Waals surface area contributed by atoms with Gasteiger partial charge in [0, 0.05) is 17.7 Å². The minimum atomic E-state index is -0.172. The molecule has 0 atom stereocenters. The fourth-order valence-corrected chi connectivity index (χ4v) is 2.28. The SMILES string of the molecule is CCC1(CNC(=O)c2cc(C#CCO)ccc2C)CC1. The molecule has 0 unspecified atom stereocenters. The van der Waals surface area contributed by atoms with Gasteiger partial charge in [-0.1, -0.05) is 24.8 Å². The molecule has 20 heavy (non-hydrogen) atoms. The highest BCUT2D eigenvalue weighted by Crippen LogP contribution is 2.47. The molecule has 1 aliphatic carbocycles. The smallest absolute Gasteiger partial charge is 0.251 e. The molecule has 1 saturated carbocycles. The van der Waals surface area contributed by atoms with Gasteiger partial charge in [0.2, 0.25) is 0 Å². The molecule has 0 bridgehead atoms. The monoisotopic (exact) mass is 271 g/mol. The van der Waals surface area contributed by atoms with Gasteiger partial charge in [-0.3, -0.25) is 4.79 Å². The Labute approximate surface area is 120 Å². The highest BCUT2D eigenvalue weighted by molar-refractivity contribution is 5.96. The maximum atomic E-state index is 12.3. The predicted octanol–water partition coefficient (Wildman–Crippen LogP) is 2.26. The summed E-state index contributed by atoms with van der Waals surface area (Å²) >= 11 is 0. The zero-order valence-corrected chi connectivity index (χ0v) is 12.1. The molecule has 1 aromatic carbocycles. The van der Waals surface area contributed by atoms with E-state index in [1.54, 1.807) is 6.07 Å².